The molecular formula is C25H32Br2OS2. The molecule has 0 aliphatic carbocycles. The van der Waals surface area contributed by atoms with Crippen LogP contribution in [0.4, 0.5) is 0 Å². The summed E-state index contributed by atoms with van der Waals surface area (Å²) >= 11 is 0. The van der Waals surface area contributed by atoms with Gasteiger partial charge >= 0.3 is 0 Å². The van der Waals surface area contributed by atoms with Crippen molar-refractivity contribution in [3.63, 3.8) is 0 Å². The maximum absolute atomic E-state index is 5.86. The van der Waals surface area contributed by atoms with Crippen molar-refractivity contribution >= 4 is 33.9 Å². The molecule has 2 saturated heterocycles. The summed E-state index contributed by atoms with van der Waals surface area (Å²) in [6.45, 7) is 0. The predicted octanol–water partition coefficient (Wildman–Crippen LogP) is -0.302. The normalized spacial score (nSPS) is 17.1. The van der Waals surface area contributed by atoms with E-state index in [1.165, 1.54) is 82.5 Å². The maximum Gasteiger partial charge on any atom is 0.136 e. The molecule has 0 N–H and O–H groups in total. The average Bonchev–Trinajstić information content (AvgIpc) is 3.42. The molecule has 2 aromatic carbocycles. The van der Waals surface area contributed by atoms with Crippen molar-refractivity contribution in [2.24, 2.45) is 0 Å². The van der Waals surface area contributed by atoms with Crippen LogP contribution in [0.5, 0.6) is 5.75 Å². The van der Waals surface area contributed by atoms with Gasteiger partial charge in [0.1, 0.15) is 40.3 Å². The van der Waals surface area contributed by atoms with Crippen LogP contribution < -0.4 is 38.7 Å². The quantitative estimate of drug-likeness (QED) is 0.327. The summed E-state index contributed by atoms with van der Waals surface area (Å²) in [5.74, 6) is 9.17. The molecule has 2 aromatic rings. The minimum Gasteiger partial charge on any atom is -1.00 e. The zero-order chi connectivity index (χ0) is 19.2. The lowest BCUT2D eigenvalue weighted by molar-refractivity contribution is -0.00100. The summed E-state index contributed by atoms with van der Waals surface area (Å²) in [5.41, 5.74) is 5.57. The molecule has 2 fully saturated rings. The van der Waals surface area contributed by atoms with Gasteiger partial charge in [0.15, 0.2) is 0 Å². The summed E-state index contributed by atoms with van der Waals surface area (Å²) in [7, 11) is 2.95. The highest BCUT2D eigenvalue weighted by atomic mass is 79.9. The molecule has 0 bridgehead atoms. The molecular weight excluding hydrogens is 540 g/mol. The van der Waals surface area contributed by atoms with Crippen molar-refractivity contribution in [3.05, 3.63) is 64.7 Å². The smallest absolute Gasteiger partial charge is 0.136 e. The van der Waals surface area contributed by atoms with Gasteiger partial charge in [0.25, 0.3) is 0 Å². The Morgan fingerprint density at radius 1 is 0.767 bits per heavy atom. The lowest BCUT2D eigenvalue weighted by Crippen LogP contribution is -3.00. The first-order chi connectivity index (χ1) is 13.8. The third kappa shape index (κ3) is 7.08. The molecule has 0 radical (unpaired) electrons. The van der Waals surface area contributed by atoms with Crippen LogP contribution in [0.2, 0.25) is 0 Å². The van der Waals surface area contributed by atoms with E-state index in [0.717, 1.165) is 5.75 Å². The van der Waals surface area contributed by atoms with Crippen LogP contribution in [-0.4, -0.2) is 30.1 Å². The molecule has 2 heterocycles. The van der Waals surface area contributed by atoms with E-state index in [1.54, 1.807) is 0 Å². The van der Waals surface area contributed by atoms with E-state index in [-0.39, 0.29) is 34.0 Å². The number of hydrogen-bond donors (Lipinski definition) is 0. The van der Waals surface area contributed by atoms with Crippen molar-refractivity contribution in [1.82, 2.24) is 0 Å². The lowest BCUT2D eigenvalue weighted by atomic mass is 10.0. The first-order valence-corrected chi connectivity index (χ1v) is 14.0. The minimum atomic E-state index is 0. The second kappa shape index (κ2) is 13.2. The molecule has 2 aliphatic heterocycles. The topological polar surface area (TPSA) is 9.23 Å². The number of rotatable bonds is 7. The van der Waals surface area contributed by atoms with Gasteiger partial charge < -0.3 is 38.7 Å². The van der Waals surface area contributed by atoms with E-state index in [9.17, 15) is 0 Å². The maximum atomic E-state index is 5.86. The summed E-state index contributed by atoms with van der Waals surface area (Å²) in [5, 5.41) is 0. The molecule has 0 amide bonds. The zero-order valence-corrected chi connectivity index (χ0v) is 22.6. The van der Waals surface area contributed by atoms with Crippen LogP contribution in [0.25, 0.3) is 12.2 Å². The first-order valence-electron chi connectivity index (χ1n) is 10.5. The van der Waals surface area contributed by atoms with Crippen molar-refractivity contribution in [1.29, 1.82) is 0 Å². The van der Waals surface area contributed by atoms with Gasteiger partial charge in [0.05, 0.1) is 7.11 Å². The Balaban J connectivity index is 0.00000160. The fourth-order valence-corrected chi connectivity index (χ4v) is 8.97. The SMILES string of the molecule is COc1cc(C[S+]2CCCC2)c(/C=C/c2ccccc2)cc1C[S+]1CCCC1.[Br-].[Br-]. The largest absolute Gasteiger partial charge is 1.00 e. The highest BCUT2D eigenvalue weighted by Crippen LogP contribution is 2.31. The molecule has 2 aliphatic rings. The number of halogens is 2. The molecule has 4 rings (SSSR count). The Labute approximate surface area is 209 Å². The molecule has 164 valence electrons. The monoisotopic (exact) mass is 570 g/mol. The number of benzene rings is 2. The predicted molar refractivity (Wildman–Crippen MR) is 128 cm³/mol. The molecule has 1 nitrogen and oxygen atoms in total. The van der Waals surface area contributed by atoms with Crippen LogP contribution in [-0.2, 0) is 33.3 Å². The van der Waals surface area contributed by atoms with Crippen LogP contribution in [0.3, 0.4) is 0 Å². The molecule has 0 spiro atoms. The van der Waals surface area contributed by atoms with Gasteiger partial charge in [-0.3, -0.25) is 0 Å². The van der Waals surface area contributed by atoms with Gasteiger partial charge in [-0.25, -0.2) is 0 Å². The molecule has 0 aromatic heterocycles. The van der Waals surface area contributed by atoms with Crippen molar-refractivity contribution in [3.8, 4) is 5.75 Å². The van der Waals surface area contributed by atoms with Crippen molar-refractivity contribution in [2.75, 3.05) is 30.1 Å². The minimum absolute atomic E-state index is 0. The Kier molecular flexibility index (Phi) is 11.4. The van der Waals surface area contributed by atoms with Crippen LogP contribution >= 0.6 is 0 Å². The van der Waals surface area contributed by atoms with Gasteiger partial charge in [-0.2, -0.15) is 0 Å². The molecule has 5 heteroatoms. The molecule has 30 heavy (non-hydrogen) atoms. The van der Waals surface area contributed by atoms with Gasteiger partial charge in [0, 0.05) is 11.1 Å². The Bertz CT molecular complexity index is 798. The van der Waals surface area contributed by atoms with E-state index in [0.29, 0.717) is 21.8 Å². The Morgan fingerprint density at radius 2 is 1.33 bits per heavy atom. The van der Waals surface area contributed by atoms with Crippen molar-refractivity contribution in [2.45, 2.75) is 37.2 Å². The third-order valence-corrected chi connectivity index (χ3v) is 10.7. The van der Waals surface area contributed by atoms with Crippen LogP contribution in [0.1, 0.15) is 47.9 Å². The van der Waals surface area contributed by atoms with E-state index in [2.05, 4.69) is 54.6 Å². The Morgan fingerprint density at radius 3 is 1.90 bits per heavy atom. The Hall–Kier alpha value is -0.360. The van der Waals surface area contributed by atoms with Gasteiger partial charge in [-0.05, 0) is 70.7 Å². The van der Waals surface area contributed by atoms with E-state index in [1.807, 2.05) is 7.11 Å². The van der Waals surface area contributed by atoms with Gasteiger partial charge in [-0.15, -0.1) is 0 Å². The van der Waals surface area contributed by atoms with Crippen LogP contribution in [0, 0.1) is 0 Å². The average molecular weight is 572 g/mol. The van der Waals surface area contributed by atoms with E-state index >= 15 is 0 Å². The third-order valence-electron chi connectivity index (χ3n) is 5.75. The van der Waals surface area contributed by atoms with Crippen LogP contribution in [0.15, 0.2) is 42.5 Å². The standard InChI is InChI=1S/C25H32OS2.2BrH/c1-26-25-18-23(19-27-13-5-6-14-27)22(12-11-21-9-3-2-4-10-21)17-24(25)20-28-15-7-8-16-28;;/h2-4,9-12,17-18H,5-8,13-16,19-20H2,1H3;2*1H/q+2;;/p-2/b12-11+;;. The fourth-order valence-electron chi connectivity index (χ4n) is 4.18. The summed E-state index contributed by atoms with van der Waals surface area (Å²) in [6.07, 6.45) is 10.3. The zero-order valence-electron chi connectivity index (χ0n) is 17.7. The summed E-state index contributed by atoms with van der Waals surface area (Å²) in [4.78, 5) is 0. The highest BCUT2D eigenvalue weighted by Gasteiger charge is 2.28. The summed E-state index contributed by atoms with van der Waals surface area (Å²) in [6, 6.07) is 15.5. The molecule has 0 atom stereocenters. The number of methoxy groups -OCH3 is 1. The summed E-state index contributed by atoms with van der Waals surface area (Å²) < 4.78 is 5.86. The lowest BCUT2D eigenvalue weighted by Gasteiger charge is -2.13. The van der Waals surface area contributed by atoms with E-state index in [4.69, 9.17) is 4.74 Å². The molecule has 0 saturated carbocycles. The molecule has 0 unspecified atom stereocenters. The van der Waals surface area contributed by atoms with Crippen molar-refractivity contribution < 1.29 is 38.7 Å². The second-order valence-electron chi connectivity index (χ2n) is 7.85. The fraction of sp³-hybridized carbons (Fsp3) is 0.440. The van der Waals surface area contributed by atoms with Gasteiger partial charge in [0.2, 0.25) is 0 Å². The second-order valence-corrected chi connectivity index (χ2v) is 12.5. The first kappa shape index (κ1) is 25.9. The highest BCUT2D eigenvalue weighted by molar-refractivity contribution is 7.96. The number of ether oxygens (including phenoxy) is 1. The van der Waals surface area contributed by atoms with Gasteiger partial charge in [-0.1, -0.05) is 42.5 Å². The van der Waals surface area contributed by atoms with E-state index < -0.39 is 0 Å². The number of hydrogen-bond acceptors (Lipinski definition) is 1.